The van der Waals surface area contributed by atoms with E-state index < -0.39 is 0 Å². The molecule has 1 aromatic heterocycles. The topological polar surface area (TPSA) is 64.8 Å². The third-order valence-corrected chi connectivity index (χ3v) is 3.60. The van der Waals surface area contributed by atoms with Crippen molar-refractivity contribution in [3.63, 3.8) is 0 Å². The minimum absolute atomic E-state index is 0.540. The average molecular weight is 273 g/mol. The molecule has 0 spiro atoms. The number of nitrogens with one attached hydrogen (secondary N) is 1. The zero-order valence-electron chi connectivity index (χ0n) is 12.6. The van der Waals surface area contributed by atoms with Gasteiger partial charge in [0.1, 0.15) is 17.5 Å². The quantitative estimate of drug-likeness (QED) is 0.827. The number of anilines is 2. The highest BCUT2D eigenvalue weighted by Crippen LogP contribution is 2.34. The minimum Gasteiger partial charge on any atom is -0.373 e. The molecule has 0 unspecified atom stereocenters. The lowest BCUT2D eigenvalue weighted by Crippen LogP contribution is -2.29. The number of hydrogen-bond donors (Lipinski definition) is 1. The second-order valence-corrected chi connectivity index (χ2v) is 5.27. The molecule has 108 valence electrons. The number of aryl methyl sites for hydroxylation is 1. The van der Waals surface area contributed by atoms with Gasteiger partial charge in [-0.2, -0.15) is 5.26 Å². The number of nitrogens with zero attached hydrogens (tertiary/aromatic N) is 4. The second-order valence-electron chi connectivity index (χ2n) is 5.27. The molecule has 1 saturated carbocycles. The molecule has 1 aliphatic carbocycles. The smallest absolute Gasteiger partial charge is 0.137 e. The molecule has 1 aromatic rings. The SMILES string of the molecule is CCCc1nc(NC)c(C)c(N(CCC#N)C2CC2)n1. The van der Waals surface area contributed by atoms with E-state index in [2.05, 4.69) is 35.1 Å². The van der Waals surface area contributed by atoms with Gasteiger partial charge in [-0.25, -0.2) is 9.97 Å². The van der Waals surface area contributed by atoms with Crippen LogP contribution in [0.5, 0.6) is 0 Å². The zero-order chi connectivity index (χ0) is 14.5. The van der Waals surface area contributed by atoms with Gasteiger partial charge in [0.15, 0.2) is 0 Å². The van der Waals surface area contributed by atoms with Crippen molar-refractivity contribution in [2.75, 3.05) is 23.8 Å². The van der Waals surface area contributed by atoms with Crippen LogP contribution in [0.4, 0.5) is 11.6 Å². The molecule has 0 radical (unpaired) electrons. The van der Waals surface area contributed by atoms with Crippen LogP contribution in [0.15, 0.2) is 0 Å². The average Bonchev–Trinajstić information content (AvgIpc) is 3.27. The molecule has 0 amide bonds. The van der Waals surface area contributed by atoms with E-state index in [1.54, 1.807) is 0 Å². The summed E-state index contributed by atoms with van der Waals surface area (Å²) < 4.78 is 0. The number of nitriles is 1. The van der Waals surface area contributed by atoms with Gasteiger partial charge < -0.3 is 10.2 Å². The molecule has 1 N–H and O–H groups in total. The first kappa shape index (κ1) is 14.6. The van der Waals surface area contributed by atoms with Gasteiger partial charge in [0, 0.05) is 31.6 Å². The molecule has 1 heterocycles. The largest absolute Gasteiger partial charge is 0.373 e. The van der Waals surface area contributed by atoms with Crippen molar-refractivity contribution in [3.8, 4) is 6.07 Å². The van der Waals surface area contributed by atoms with Crippen molar-refractivity contribution < 1.29 is 0 Å². The van der Waals surface area contributed by atoms with Crippen LogP contribution in [0.1, 0.15) is 44.0 Å². The van der Waals surface area contributed by atoms with E-state index in [1.165, 1.54) is 12.8 Å². The van der Waals surface area contributed by atoms with Crippen molar-refractivity contribution in [3.05, 3.63) is 11.4 Å². The summed E-state index contributed by atoms with van der Waals surface area (Å²) in [5.41, 5.74) is 1.08. The number of aromatic nitrogens is 2. The Hall–Kier alpha value is -1.83. The number of rotatable bonds is 7. The molecule has 2 rings (SSSR count). The maximum atomic E-state index is 8.85. The van der Waals surface area contributed by atoms with Gasteiger partial charge in [-0.15, -0.1) is 0 Å². The lowest BCUT2D eigenvalue weighted by molar-refractivity contribution is 0.753. The van der Waals surface area contributed by atoms with Gasteiger partial charge in [-0.05, 0) is 26.2 Å². The lowest BCUT2D eigenvalue weighted by atomic mass is 10.2. The van der Waals surface area contributed by atoms with Crippen LogP contribution in [0.2, 0.25) is 0 Å². The van der Waals surface area contributed by atoms with E-state index in [0.29, 0.717) is 12.5 Å². The Morgan fingerprint density at radius 2 is 2.15 bits per heavy atom. The fourth-order valence-electron chi connectivity index (χ4n) is 2.43. The monoisotopic (exact) mass is 273 g/mol. The summed E-state index contributed by atoms with van der Waals surface area (Å²) in [6, 6.07) is 2.79. The predicted octanol–water partition coefficient (Wildman–Crippen LogP) is 2.66. The second kappa shape index (κ2) is 6.56. The van der Waals surface area contributed by atoms with Gasteiger partial charge in [0.25, 0.3) is 0 Å². The maximum absolute atomic E-state index is 8.85. The van der Waals surface area contributed by atoms with E-state index in [-0.39, 0.29) is 0 Å². The summed E-state index contributed by atoms with van der Waals surface area (Å²) in [5, 5.41) is 12.0. The van der Waals surface area contributed by atoms with Crippen LogP contribution in [0, 0.1) is 18.3 Å². The molecule has 5 nitrogen and oxygen atoms in total. The highest BCUT2D eigenvalue weighted by Gasteiger charge is 2.31. The van der Waals surface area contributed by atoms with E-state index >= 15 is 0 Å². The Bertz CT molecular complexity index is 502. The van der Waals surface area contributed by atoms with Gasteiger partial charge in [0.2, 0.25) is 0 Å². The third kappa shape index (κ3) is 3.19. The summed E-state index contributed by atoms with van der Waals surface area (Å²) in [4.78, 5) is 11.6. The molecule has 5 heteroatoms. The highest BCUT2D eigenvalue weighted by molar-refractivity contribution is 5.59. The summed E-state index contributed by atoms with van der Waals surface area (Å²) in [5.74, 6) is 2.80. The lowest BCUT2D eigenvalue weighted by Gasteiger charge is -2.25. The summed E-state index contributed by atoms with van der Waals surface area (Å²) in [6.45, 7) is 4.95. The fraction of sp³-hybridized carbons (Fsp3) is 0.667. The normalized spacial score (nSPS) is 13.9. The Morgan fingerprint density at radius 3 is 2.70 bits per heavy atom. The Morgan fingerprint density at radius 1 is 1.40 bits per heavy atom. The molecule has 0 aliphatic heterocycles. The third-order valence-electron chi connectivity index (χ3n) is 3.60. The summed E-state index contributed by atoms with van der Waals surface area (Å²) >= 11 is 0. The van der Waals surface area contributed by atoms with Crippen molar-refractivity contribution in [2.45, 2.75) is 52.0 Å². The Balaban J connectivity index is 2.35. The van der Waals surface area contributed by atoms with Gasteiger partial charge in [0.05, 0.1) is 12.5 Å². The van der Waals surface area contributed by atoms with Crippen LogP contribution in [0.3, 0.4) is 0 Å². The van der Waals surface area contributed by atoms with Crippen LogP contribution in [-0.4, -0.2) is 29.6 Å². The van der Waals surface area contributed by atoms with Crippen LogP contribution < -0.4 is 10.2 Å². The summed E-state index contributed by atoms with van der Waals surface area (Å²) in [7, 11) is 1.89. The molecule has 0 aromatic carbocycles. The minimum atomic E-state index is 0.540. The zero-order valence-corrected chi connectivity index (χ0v) is 12.6. The van der Waals surface area contributed by atoms with E-state index in [4.69, 9.17) is 10.2 Å². The van der Waals surface area contributed by atoms with E-state index in [1.807, 2.05) is 7.05 Å². The molecule has 20 heavy (non-hydrogen) atoms. The standard InChI is InChI=1S/C15H23N5/c1-4-6-13-18-14(17-3)11(2)15(19-13)20(10-5-9-16)12-7-8-12/h12H,4-8,10H2,1-3H3,(H,17,18,19). The van der Waals surface area contributed by atoms with Crippen molar-refractivity contribution in [1.29, 1.82) is 5.26 Å². The van der Waals surface area contributed by atoms with Gasteiger partial charge >= 0.3 is 0 Å². The molecular weight excluding hydrogens is 250 g/mol. The molecule has 1 aliphatic rings. The van der Waals surface area contributed by atoms with Gasteiger partial charge in [-0.3, -0.25) is 0 Å². The highest BCUT2D eigenvalue weighted by atomic mass is 15.2. The van der Waals surface area contributed by atoms with Crippen LogP contribution in [-0.2, 0) is 6.42 Å². The molecule has 0 atom stereocenters. The van der Waals surface area contributed by atoms with Crippen LogP contribution >= 0.6 is 0 Å². The molecule has 0 bridgehead atoms. The van der Waals surface area contributed by atoms with Crippen molar-refractivity contribution in [1.82, 2.24) is 9.97 Å². The molecular formula is C15H23N5. The summed E-state index contributed by atoms with van der Waals surface area (Å²) in [6.07, 6.45) is 4.86. The predicted molar refractivity (Wildman–Crippen MR) is 80.9 cm³/mol. The Labute approximate surface area is 121 Å². The van der Waals surface area contributed by atoms with Gasteiger partial charge in [-0.1, -0.05) is 6.92 Å². The fourth-order valence-corrected chi connectivity index (χ4v) is 2.43. The Kier molecular flexibility index (Phi) is 4.78. The maximum Gasteiger partial charge on any atom is 0.137 e. The first-order valence-corrected chi connectivity index (χ1v) is 7.40. The molecule has 1 fully saturated rings. The van der Waals surface area contributed by atoms with Crippen molar-refractivity contribution in [2.24, 2.45) is 0 Å². The first-order chi connectivity index (χ1) is 9.71. The van der Waals surface area contributed by atoms with Crippen LogP contribution in [0.25, 0.3) is 0 Å². The van der Waals surface area contributed by atoms with E-state index in [0.717, 1.165) is 42.4 Å². The van der Waals surface area contributed by atoms with Crippen molar-refractivity contribution >= 4 is 11.6 Å². The number of hydrogen-bond acceptors (Lipinski definition) is 5. The molecule has 0 saturated heterocycles. The first-order valence-electron chi connectivity index (χ1n) is 7.40. The van der Waals surface area contributed by atoms with E-state index in [9.17, 15) is 0 Å².